The molecule has 1 aromatic carbocycles. The average Bonchev–Trinajstić information content (AvgIpc) is 3.26. The average molecular weight is 466 g/mol. The molecule has 0 saturated carbocycles. The van der Waals surface area contributed by atoms with Gasteiger partial charge in [-0.25, -0.2) is 0 Å². The van der Waals surface area contributed by atoms with Crippen molar-refractivity contribution in [2.45, 2.75) is 43.1 Å². The molecule has 0 aliphatic carbocycles. The molecule has 1 unspecified atom stereocenters. The molecule has 0 radical (unpaired) electrons. The highest BCUT2D eigenvalue weighted by atomic mass is 32.2. The zero-order valence-electron chi connectivity index (χ0n) is 19.3. The minimum Gasteiger partial charge on any atom is -0.383 e. The van der Waals surface area contributed by atoms with E-state index in [0.717, 1.165) is 48.9 Å². The maximum absolute atomic E-state index is 13.2. The molecule has 1 fully saturated rings. The number of carbonyl (C=O) groups is 1. The second-order valence-electron chi connectivity index (χ2n) is 8.40. The summed E-state index contributed by atoms with van der Waals surface area (Å²) in [5.41, 5.74) is 2.33. The zero-order chi connectivity index (χ0) is 23.0. The lowest BCUT2D eigenvalue weighted by Gasteiger charge is -2.33. The number of thioether (sulfide) groups is 1. The summed E-state index contributed by atoms with van der Waals surface area (Å²) in [6.45, 7) is 4.76. The van der Waals surface area contributed by atoms with Crippen LogP contribution in [0.15, 0.2) is 60.0 Å². The number of aromatic nitrogens is 4. The lowest BCUT2D eigenvalue weighted by molar-refractivity contribution is -0.131. The van der Waals surface area contributed by atoms with Crippen molar-refractivity contribution in [2.24, 2.45) is 5.92 Å². The Bertz CT molecular complexity index is 1020. The molecule has 1 aliphatic heterocycles. The Balaban J connectivity index is 1.37. The number of ether oxygens (including phenoxy) is 1. The van der Waals surface area contributed by atoms with Crippen molar-refractivity contribution in [3.63, 3.8) is 0 Å². The topological polar surface area (TPSA) is 73.1 Å². The van der Waals surface area contributed by atoms with Gasteiger partial charge >= 0.3 is 0 Å². The van der Waals surface area contributed by atoms with Crippen molar-refractivity contribution in [3.05, 3.63) is 60.4 Å². The summed E-state index contributed by atoms with van der Waals surface area (Å²) >= 11 is 1.47. The Labute approximate surface area is 199 Å². The first kappa shape index (κ1) is 23.4. The van der Waals surface area contributed by atoms with Crippen molar-refractivity contribution in [2.75, 3.05) is 26.8 Å². The number of benzene rings is 1. The molecule has 1 amide bonds. The molecule has 1 atom stereocenters. The molecule has 3 aromatic rings. The van der Waals surface area contributed by atoms with Gasteiger partial charge in [0.15, 0.2) is 11.0 Å². The SMILES string of the molecule is COCCn1c(SC(C)C(=O)N2CCC(Cc3ccccc3)CC2)nnc1-c1ccncc1. The van der Waals surface area contributed by atoms with Gasteiger partial charge in [-0.3, -0.25) is 14.3 Å². The van der Waals surface area contributed by atoms with E-state index >= 15 is 0 Å². The lowest BCUT2D eigenvalue weighted by atomic mass is 9.90. The second-order valence-corrected chi connectivity index (χ2v) is 9.71. The number of hydrogen-bond donors (Lipinski definition) is 0. The van der Waals surface area contributed by atoms with Crippen LogP contribution in [0.2, 0.25) is 0 Å². The second kappa shape index (κ2) is 11.4. The van der Waals surface area contributed by atoms with Gasteiger partial charge in [0.05, 0.1) is 18.4 Å². The summed E-state index contributed by atoms with van der Waals surface area (Å²) in [6.07, 6.45) is 6.67. The Hall–Kier alpha value is -2.71. The fraction of sp³-hybridized carbons (Fsp3) is 0.440. The van der Waals surface area contributed by atoms with Crippen LogP contribution in [-0.2, 0) is 22.5 Å². The van der Waals surface area contributed by atoms with E-state index in [0.29, 0.717) is 19.1 Å². The first-order valence-corrected chi connectivity index (χ1v) is 12.4. The van der Waals surface area contributed by atoms with Crippen molar-refractivity contribution in [3.8, 4) is 11.4 Å². The highest BCUT2D eigenvalue weighted by Crippen LogP contribution is 2.29. The summed E-state index contributed by atoms with van der Waals surface area (Å²) in [5.74, 6) is 1.57. The first-order valence-electron chi connectivity index (χ1n) is 11.5. The predicted octanol–water partition coefficient (Wildman–Crippen LogP) is 3.95. The minimum absolute atomic E-state index is 0.171. The van der Waals surface area contributed by atoms with E-state index in [-0.39, 0.29) is 11.2 Å². The number of hydrogen-bond acceptors (Lipinski definition) is 6. The number of amides is 1. The smallest absolute Gasteiger partial charge is 0.235 e. The van der Waals surface area contributed by atoms with Gasteiger partial charge in [-0.1, -0.05) is 42.1 Å². The Kier molecular flexibility index (Phi) is 8.12. The molecule has 3 heterocycles. The Morgan fingerprint density at radius 1 is 1.12 bits per heavy atom. The van der Waals surface area contributed by atoms with Crippen LogP contribution in [0, 0.1) is 5.92 Å². The molecule has 1 saturated heterocycles. The van der Waals surface area contributed by atoms with Crippen molar-refractivity contribution in [1.82, 2.24) is 24.6 Å². The normalized spacial score (nSPS) is 15.5. The van der Waals surface area contributed by atoms with Crippen LogP contribution in [0.1, 0.15) is 25.3 Å². The fourth-order valence-electron chi connectivity index (χ4n) is 4.25. The van der Waals surface area contributed by atoms with E-state index in [1.807, 2.05) is 28.5 Å². The molecule has 1 aliphatic rings. The Morgan fingerprint density at radius 2 is 1.85 bits per heavy atom. The number of likely N-dealkylation sites (tertiary alicyclic amines) is 1. The largest absolute Gasteiger partial charge is 0.383 e. The standard InChI is InChI=1S/C25H31N5O2S/c1-19(24(31)29-14-10-21(11-15-29)18-20-6-4-3-5-7-20)33-25-28-27-23(30(25)16-17-32-2)22-8-12-26-13-9-22/h3-9,12-13,19,21H,10-11,14-18H2,1-2H3. The molecule has 0 spiro atoms. The van der Waals surface area contributed by atoms with Crippen LogP contribution in [0.25, 0.3) is 11.4 Å². The van der Waals surface area contributed by atoms with Gasteiger partial charge in [0.1, 0.15) is 0 Å². The van der Waals surface area contributed by atoms with Gasteiger partial charge in [-0.15, -0.1) is 10.2 Å². The number of pyridine rings is 1. The van der Waals surface area contributed by atoms with Gasteiger partial charge < -0.3 is 9.64 Å². The molecule has 0 N–H and O–H groups in total. The van der Waals surface area contributed by atoms with Crippen molar-refractivity contribution >= 4 is 17.7 Å². The molecule has 2 aromatic heterocycles. The maximum atomic E-state index is 13.2. The van der Waals surface area contributed by atoms with Crippen LogP contribution in [0.5, 0.6) is 0 Å². The highest BCUT2D eigenvalue weighted by molar-refractivity contribution is 8.00. The number of piperidine rings is 1. The molecular formula is C25H31N5O2S. The summed E-state index contributed by atoms with van der Waals surface area (Å²) in [4.78, 5) is 19.3. The molecular weight excluding hydrogens is 434 g/mol. The molecule has 33 heavy (non-hydrogen) atoms. The molecule has 4 rings (SSSR count). The summed E-state index contributed by atoms with van der Waals surface area (Å²) in [6, 6.07) is 14.5. The van der Waals surface area contributed by atoms with E-state index < -0.39 is 0 Å². The van der Waals surface area contributed by atoms with Crippen LogP contribution < -0.4 is 0 Å². The molecule has 8 heteroatoms. The van der Waals surface area contributed by atoms with Crippen molar-refractivity contribution in [1.29, 1.82) is 0 Å². The van der Waals surface area contributed by atoms with E-state index in [4.69, 9.17) is 4.74 Å². The van der Waals surface area contributed by atoms with Crippen LogP contribution in [0.4, 0.5) is 0 Å². The third kappa shape index (κ3) is 6.00. The third-order valence-electron chi connectivity index (χ3n) is 6.10. The summed E-state index contributed by atoms with van der Waals surface area (Å²) in [7, 11) is 1.68. The monoisotopic (exact) mass is 465 g/mol. The maximum Gasteiger partial charge on any atom is 0.235 e. The summed E-state index contributed by atoms with van der Waals surface area (Å²) in [5, 5.41) is 9.30. The van der Waals surface area contributed by atoms with Crippen LogP contribution in [-0.4, -0.2) is 62.6 Å². The van der Waals surface area contributed by atoms with Gasteiger partial charge in [0.25, 0.3) is 0 Å². The van der Waals surface area contributed by atoms with Gasteiger partial charge in [-0.2, -0.15) is 0 Å². The van der Waals surface area contributed by atoms with Gasteiger partial charge in [0.2, 0.25) is 5.91 Å². The number of rotatable bonds is 9. The molecule has 174 valence electrons. The van der Waals surface area contributed by atoms with Crippen LogP contribution in [0.3, 0.4) is 0 Å². The van der Waals surface area contributed by atoms with Gasteiger partial charge in [-0.05, 0) is 49.8 Å². The summed E-state index contributed by atoms with van der Waals surface area (Å²) < 4.78 is 7.32. The number of carbonyl (C=O) groups excluding carboxylic acids is 1. The quantitative estimate of drug-likeness (QED) is 0.446. The van der Waals surface area contributed by atoms with E-state index in [1.165, 1.54) is 17.3 Å². The lowest BCUT2D eigenvalue weighted by Crippen LogP contribution is -2.42. The van der Waals surface area contributed by atoms with E-state index in [2.05, 4.69) is 45.5 Å². The highest BCUT2D eigenvalue weighted by Gasteiger charge is 2.28. The van der Waals surface area contributed by atoms with Crippen molar-refractivity contribution < 1.29 is 9.53 Å². The van der Waals surface area contributed by atoms with E-state index in [9.17, 15) is 4.79 Å². The number of nitrogens with zero attached hydrogens (tertiary/aromatic N) is 5. The fourth-order valence-corrected chi connectivity index (χ4v) is 5.20. The molecule has 7 nitrogen and oxygen atoms in total. The zero-order valence-corrected chi connectivity index (χ0v) is 20.1. The minimum atomic E-state index is -0.230. The Morgan fingerprint density at radius 3 is 2.55 bits per heavy atom. The first-order chi connectivity index (χ1) is 16.2. The van der Waals surface area contributed by atoms with Gasteiger partial charge in [0, 0.05) is 38.2 Å². The molecule has 0 bridgehead atoms. The van der Waals surface area contributed by atoms with Crippen LogP contribution >= 0.6 is 11.8 Å². The number of methoxy groups -OCH3 is 1. The predicted molar refractivity (Wildman–Crippen MR) is 130 cm³/mol. The third-order valence-corrected chi connectivity index (χ3v) is 7.17. The van der Waals surface area contributed by atoms with E-state index in [1.54, 1.807) is 19.5 Å².